The first-order valence-electron chi connectivity index (χ1n) is 5.29. The van der Waals surface area contributed by atoms with Crippen molar-refractivity contribution >= 4 is 11.6 Å². The Balaban J connectivity index is 2.10. The first kappa shape index (κ1) is 10.9. The first-order chi connectivity index (χ1) is 7.58. The third-order valence-electron chi connectivity index (χ3n) is 2.81. The Labute approximate surface area is 94.5 Å². The Bertz CT molecular complexity index is 453. The van der Waals surface area contributed by atoms with Crippen molar-refractivity contribution in [3.8, 4) is 0 Å². The van der Waals surface area contributed by atoms with Crippen LogP contribution in [0.5, 0.6) is 0 Å². The molecule has 86 valence electrons. The second-order valence-corrected chi connectivity index (χ2v) is 4.09. The molecule has 0 saturated carbocycles. The molecular formula is C11H16N4O. The molecule has 0 aromatic carbocycles. The van der Waals surface area contributed by atoms with Gasteiger partial charge in [0.2, 0.25) is 0 Å². The Kier molecular flexibility index (Phi) is 2.78. The second kappa shape index (κ2) is 4.09. The van der Waals surface area contributed by atoms with E-state index in [4.69, 9.17) is 0 Å². The van der Waals surface area contributed by atoms with Gasteiger partial charge in [0.1, 0.15) is 0 Å². The monoisotopic (exact) mass is 220 g/mol. The zero-order valence-electron chi connectivity index (χ0n) is 9.79. The van der Waals surface area contributed by atoms with Crippen LogP contribution in [0, 0.1) is 6.92 Å². The number of nitrogens with zero attached hydrogens (tertiary/aromatic N) is 2. The van der Waals surface area contributed by atoms with Gasteiger partial charge in [0.15, 0.2) is 0 Å². The normalized spacial score (nSPS) is 14.6. The SMILES string of the molecule is CC(C(=O)Nc1cn(C)nc1C)=C1CNC1. The predicted octanol–water partition coefficient (Wildman–Crippen LogP) is 0.587. The van der Waals surface area contributed by atoms with Gasteiger partial charge in [0.05, 0.1) is 11.4 Å². The topological polar surface area (TPSA) is 59.0 Å². The highest BCUT2D eigenvalue weighted by Gasteiger charge is 2.17. The molecule has 5 nitrogen and oxygen atoms in total. The molecule has 1 saturated heterocycles. The maximum atomic E-state index is 11.9. The van der Waals surface area contributed by atoms with E-state index in [2.05, 4.69) is 15.7 Å². The van der Waals surface area contributed by atoms with Gasteiger partial charge >= 0.3 is 0 Å². The molecule has 16 heavy (non-hydrogen) atoms. The van der Waals surface area contributed by atoms with Crippen molar-refractivity contribution in [2.75, 3.05) is 18.4 Å². The van der Waals surface area contributed by atoms with E-state index in [9.17, 15) is 4.79 Å². The molecule has 1 fully saturated rings. The van der Waals surface area contributed by atoms with Gasteiger partial charge in [-0.15, -0.1) is 0 Å². The molecule has 0 spiro atoms. The van der Waals surface area contributed by atoms with Crippen LogP contribution in [-0.4, -0.2) is 28.8 Å². The van der Waals surface area contributed by atoms with Crippen molar-refractivity contribution < 1.29 is 4.79 Å². The molecule has 1 aliphatic heterocycles. The van der Waals surface area contributed by atoms with Crippen LogP contribution in [0.2, 0.25) is 0 Å². The van der Waals surface area contributed by atoms with E-state index >= 15 is 0 Å². The van der Waals surface area contributed by atoms with Gasteiger partial charge < -0.3 is 10.6 Å². The summed E-state index contributed by atoms with van der Waals surface area (Å²) in [5, 5.41) is 10.2. The minimum Gasteiger partial charge on any atom is -0.319 e. The Morgan fingerprint density at radius 1 is 1.56 bits per heavy atom. The summed E-state index contributed by atoms with van der Waals surface area (Å²) in [6.07, 6.45) is 1.81. The van der Waals surface area contributed by atoms with E-state index in [0.717, 1.165) is 30.0 Å². The summed E-state index contributed by atoms with van der Waals surface area (Å²) < 4.78 is 1.69. The number of aromatic nitrogens is 2. The number of carbonyl (C=O) groups excluding carboxylic acids is 1. The zero-order valence-corrected chi connectivity index (χ0v) is 9.79. The summed E-state index contributed by atoms with van der Waals surface area (Å²) in [5.74, 6) is -0.0346. The smallest absolute Gasteiger partial charge is 0.251 e. The molecule has 0 unspecified atom stereocenters. The number of carbonyl (C=O) groups is 1. The third kappa shape index (κ3) is 1.99. The van der Waals surface area contributed by atoms with Crippen LogP contribution in [0.25, 0.3) is 0 Å². The van der Waals surface area contributed by atoms with E-state index in [1.807, 2.05) is 27.1 Å². The third-order valence-corrected chi connectivity index (χ3v) is 2.81. The lowest BCUT2D eigenvalue weighted by Crippen LogP contribution is -2.36. The standard InChI is InChI=1S/C11H16N4O/c1-7(9-4-12-5-9)11(16)13-10-6-15(3)14-8(10)2/h6,12H,4-5H2,1-3H3,(H,13,16). The minimum absolute atomic E-state index is 0.0346. The van der Waals surface area contributed by atoms with Gasteiger partial charge in [-0.05, 0) is 19.4 Å². The maximum Gasteiger partial charge on any atom is 0.251 e. The summed E-state index contributed by atoms with van der Waals surface area (Å²) in [4.78, 5) is 11.9. The largest absolute Gasteiger partial charge is 0.319 e. The first-order valence-corrected chi connectivity index (χ1v) is 5.29. The van der Waals surface area contributed by atoms with Crippen LogP contribution >= 0.6 is 0 Å². The van der Waals surface area contributed by atoms with Crippen LogP contribution in [0.1, 0.15) is 12.6 Å². The zero-order chi connectivity index (χ0) is 11.7. The van der Waals surface area contributed by atoms with Gasteiger partial charge in [-0.1, -0.05) is 0 Å². The molecule has 1 aliphatic rings. The van der Waals surface area contributed by atoms with Crippen molar-refractivity contribution in [2.45, 2.75) is 13.8 Å². The van der Waals surface area contributed by atoms with Gasteiger partial charge in [0.25, 0.3) is 5.91 Å². The van der Waals surface area contributed by atoms with Crippen LogP contribution < -0.4 is 10.6 Å². The fourth-order valence-corrected chi connectivity index (χ4v) is 1.61. The van der Waals surface area contributed by atoms with Crippen molar-refractivity contribution in [1.29, 1.82) is 0 Å². The van der Waals surface area contributed by atoms with Gasteiger partial charge in [0, 0.05) is 31.9 Å². The van der Waals surface area contributed by atoms with Crippen LogP contribution in [0.15, 0.2) is 17.3 Å². The van der Waals surface area contributed by atoms with Crippen LogP contribution in [-0.2, 0) is 11.8 Å². The van der Waals surface area contributed by atoms with Crippen molar-refractivity contribution in [1.82, 2.24) is 15.1 Å². The molecule has 0 radical (unpaired) electrons. The second-order valence-electron chi connectivity index (χ2n) is 4.09. The predicted molar refractivity (Wildman–Crippen MR) is 62.1 cm³/mol. The average Bonchev–Trinajstić information content (AvgIpc) is 2.42. The van der Waals surface area contributed by atoms with Crippen LogP contribution in [0.3, 0.4) is 0 Å². The Morgan fingerprint density at radius 3 is 2.69 bits per heavy atom. The van der Waals surface area contributed by atoms with Gasteiger partial charge in [-0.3, -0.25) is 9.48 Å². The molecule has 1 amide bonds. The van der Waals surface area contributed by atoms with Crippen molar-refractivity contribution in [2.24, 2.45) is 7.05 Å². The Hall–Kier alpha value is -1.62. The molecule has 1 aromatic rings. The number of hydrogen-bond acceptors (Lipinski definition) is 3. The van der Waals surface area contributed by atoms with E-state index < -0.39 is 0 Å². The number of hydrogen-bond donors (Lipinski definition) is 2. The summed E-state index contributed by atoms with van der Waals surface area (Å²) >= 11 is 0. The van der Waals surface area contributed by atoms with E-state index in [0.29, 0.717) is 0 Å². The number of anilines is 1. The lowest BCUT2D eigenvalue weighted by atomic mass is 10.0. The number of amides is 1. The summed E-state index contributed by atoms with van der Waals surface area (Å²) in [5.41, 5.74) is 3.60. The van der Waals surface area contributed by atoms with Crippen LogP contribution in [0.4, 0.5) is 5.69 Å². The molecule has 2 rings (SSSR count). The molecule has 2 heterocycles. The summed E-state index contributed by atoms with van der Waals surface area (Å²) in [6.45, 7) is 5.39. The lowest BCUT2D eigenvalue weighted by molar-refractivity contribution is -0.112. The van der Waals surface area contributed by atoms with Gasteiger partial charge in [-0.2, -0.15) is 5.10 Å². The average molecular weight is 220 g/mol. The fourth-order valence-electron chi connectivity index (χ4n) is 1.61. The maximum absolute atomic E-state index is 11.9. The number of nitrogens with one attached hydrogen (secondary N) is 2. The van der Waals surface area contributed by atoms with Gasteiger partial charge in [-0.25, -0.2) is 0 Å². The van der Waals surface area contributed by atoms with E-state index in [1.54, 1.807) is 4.68 Å². The number of rotatable bonds is 2. The Morgan fingerprint density at radius 2 is 2.25 bits per heavy atom. The fraction of sp³-hybridized carbons (Fsp3) is 0.455. The highest BCUT2D eigenvalue weighted by atomic mass is 16.1. The minimum atomic E-state index is -0.0346. The molecular weight excluding hydrogens is 204 g/mol. The summed E-state index contributed by atoms with van der Waals surface area (Å²) in [7, 11) is 1.84. The molecule has 1 aromatic heterocycles. The summed E-state index contributed by atoms with van der Waals surface area (Å²) in [6, 6.07) is 0. The quantitative estimate of drug-likeness (QED) is 0.717. The van der Waals surface area contributed by atoms with E-state index in [-0.39, 0.29) is 5.91 Å². The highest BCUT2D eigenvalue weighted by molar-refractivity contribution is 6.04. The molecule has 0 atom stereocenters. The molecule has 0 aliphatic carbocycles. The van der Waals surface area contributed by atoms with Crippen molar-refractivity contribution in [3.05, 3.63) is 23.0 Å². The lowest BCUT2D eigenvalue weighted by Gasteiger charge is -2.21. The molecule has 5 heteroatoms. The van der Waals surface area contributed by atoms with Crippen molar-refractivity contribution in [3.63, 3.8) is 0 Å². The molecule has 2 N–H and O–H groups in total. The number of aryl methyl sites for hydroxylation is 2. The molecule has 0 bridgehead atoms. The highest BCUT2D eigenvalue weighted by Crippen LogP contribution is 2.15. The van der Waals surface area contributed by atoms with E-state index in [1.165, 1.54) is 5.57 Å².